The molecule has 0 aromatic carbocycles. The monoisotopic (exact) mass is 515 g/mol. The Morgan fingerprint density at radius 2 is 1.65 bits per heavy atom. The van der Waals surface area contributed by atoms with Crippen LogP contribution in [-0.4, -0.2) is 74.5 Å². The molecule has 3 aliphatic heterocycles. The third kappa shape index (κ3) is 5.68. The number of ether oxygens (including phenoxy) is 1. The lowest BCUT2D eigenvalue weighted by Gasteiger charge is -2.49. The molecule has 4 fully saturated rings. The molecule has 3 saturated heterocycles. The highest BCUT2D eigenvalue weighted by Gasteiger charge is 2.51. The van der Waals surface area contributed by atoms with Crippen LogP contribution in [0.2, 0.25) is 0 Å². The number of fused-ring (bicyclic) bond motifs is 2. The van der Waals surface area contributed by atoms with Gasteiger partial charge in [0.05, 0.1) is 6.17 Å². The summed E-state index contributed by atoms with van der Waals surface area (Å²) in [6.07, 6.45) is 4.17. The minimum atomic E-state index is -1.48. The van der Waals surface area contributed by atoms with Crippen LogP contribution in [0.3, 0.4) is 0 Å². The van der Waals surface area contributed by atoms with E-state index in [2.05, 4.69) is 20.9 Å². The van der Waals surface area contributed by atoms with E-state index in [0.717, 1.165) is 38.6 Å². The summed E-state index contributed by atoms with van der Waals surface area (Å²) in [7, 11) is 0. The van der Waals surface area contributed by atoms with E-state index >= 15 is 0 Å². The summed E-state index contributed by atoms with van der Waals surface area (Å²) in [6.45, 7) is 7.07. The average molecular weight is 517 g/mol. The molecule has 2 bridgehead atoms. The highest BCUT2D eigenvalue weighted by atomic mass is 35.6. The molecule has 1 saturated carbocycles. The molecular formula is C20H33Cl4N5O2. The van der Waals surface area contributed by atoms with Crippen molar-refractivity contribution in [1.82, 2.24) is 25.8 Å². The molecule has 3 N–H and O–H groups in total. The van der Waals surface area contributed by atoms with Gasteiger partial charge in [-0.3, -0.25) is 20.9 Å². The van der Waals surface area contributed by atoms with Crippen molar-refractivity contribution in [3.63, 3.8) is 0 Å². The lowest BCUT2D eigenvalue weighted by atomic mass is 9.86. The summed E-state index contributed by atoms with van der Waals surface area (Å²) in [5, 5.41) is 10.8. The van der Waals surface area contributed by atoms with Gasteiger partial charge in [0, 0.05) is 30.6 Å². The summed E-state index contributed by atoms with van der Waals surface area (Å²) in [4.78, 5) is 16.8. The maximum Gasteiger partial charge on any atom is 0.410 e. The molecule has 11 heteroatoms. The largest absolute Gasteiger partial charge is 0.444 e. The van der Waals surface area contributed by atoms with Gasteiger partial charge in [0.15, 0.2) is 0 Å². The number of nitrogens with zero attached hydrogens (tertiary/aromatic N) is 2. The second-order valence-corrected chi connectivity index (χ2v) is 13.2. The lowest BCUT2D eigenvalue weighted by molar-refractivity contribution is -0.0117. The summed E-state index contributed by atoms with van der Waals surface area (Å²) in [6, 6.07) is 0.366. The van der Waals surface area contributed by atoms with E-state index in [-0.39, 0.29) is 36.0 Å². The first-order valence-electron chi connectivity index (χ1n) is 11.1. The zero-order chi connectivity index (χ0) is 22.6. The average Bonchev–Trinajstić information content (AvgIpc) is 3.27. The fourth-order valence-corrected chi connectivity index (χ4v) is 5.90. The van der Waals surface area contributed by atoms with Crippen molar-refractivity contribution in [1.29, 1.82) is 0 Å². The van der Waals surface area contributed by atoms with Crippen molar-refractivity contribution < 1.29 is 9.53 Å². The summed E-state index contributed by atoms with van der Waals surface area (Å²) >= 11 is 25.2. The molecule has 5 unspecified atom stereocenters. The highest BCUT2D eigenvalue weighted by Crippen LogP contribution is 2.37. The van der Waals surface area contributed by atoms with Gasteiger partial charge in [0.1, 0.15) is 18.1 Å². The standard InChI is InChI=1S/C20H33Cl4N5O2/c1-19(2,3)31-18(30)29-10-13-8-14(29)9-28(13)17-26-15(11-4-6-12(21)7-5-11)25-16(27-17)20(22,23)24/h11-17,25-27H,4-10H2,1-3H3. The van der Waals surface area contributed by atoms with Gasteiger partial charge in [-0.05, 0) is 58.8 Å². The number of alkyl halides is 4. The molecule has 3 heterocycles. The topological polar surface area (TPSA) is 68.9 Å². The van der Waals surface area contributed by atoms with Crippen LogP contribution >= 0.6 is 46.4 Å². The summed E-state index contributed by atoms with van der Waals surface area (Å²) < 4.78 is 4.10. The van der Waals surface area contributed by atoms with E-state index in [9.17, 15) is 4.79 Å². The molecule has 1 amide bonds. The minimum Gasteiger partial charge on any atom is -0.444 e. The molecule has 0 radical (unpaired) electrons. The lowest BCUT2D eigenvalue weighted by Crippen LogP contribution is -2.76. The van der Waals surface area contributed by atoms with Gasteiger partial charge in [-0.2, -0.15) is 0 Å². The van der Waals surface area contributed by atoms with E-state index in [0.29, 0.717) is 12.5 Å². The van der Waals surface area contributed by atoms with Gasteiger partial charge in [0.2, 0.25) is 3.79 Å². The van der Waals surface area contributed by atoms with Crippen molar-refractivity contribution in [2.45, 2.75) is 98.4 Å². The van der Waals surface area contributed by atoms with E-state index < -0.39 is 15.6 Å². The van der Waals surface area contributed by atoms with Crippen LogP contribution in [0.4, 0.5) is 4.79 Å². The number of likely N-dealkylation sites (tertiary alicyclic amines) is 2. The van der Waals surface area contributed by atoms with Crippen LogP contribution in [0.5, 0.6) is 0 Å². The molecule has 7 nitrogen and oxygen atoms in total. The fourth-order valence-electron chi connectivity index (χ4n) is 5.27. The van der Waals surface area contributed by atoms with Gasteiger partial charge in [-0.1, -0.05) is 34.8 Å². The summed E-state index contributed by atoms with van der Waals surface area (Å²) in [5.74, 6) is 0.424. The first-order chi connectivity index (χ1) is 14.4. The van der Waals surface area contributed by atoms with Gasteiger partial charge in [-0.15, -0.1) is 11.6 Å². The number of halogens is 4. The predicted octanol–water partition coefficient (Wildman–Crippen LogP) is 3.57. The number of piperazine rings is 1. The zero-order valence-electron chi connectivity index (χ0n) is 18.2. The molecule has 4 rings (SSSR count). The van der Waals surface area contributed by atoms with Crippen LogP contribution in [0.15, 0.2) is 0 Å². The van der Waals surface area contributed by atoms with Crippen LogP contribution in [-0.2, 0) is 4.74 Å². The van der Waals surface area contributed by atoms with Crippen molar-refractivity contribution >= 4 is 52.5 Å². The second kappa shape index (κ2) is 9.14. The molecule has 0 aromatic heterocycles. The Labute approximate surface area is 204 Å². The van der Waals surface area contributed by atoms with Gasteiger partial charge in [0.25, 0.3) is 0 Å². The molecule has 4 aliphatic rings. The minimum absolute atomic E-state index is 0.0251. The van der Waals surface area contributed by atoms with Crippen LogP contribution in [0.1, 0.15) is 52.9 Å². The molecular weight excluding hydrogens is 484 g/mol. The van der Waals surface area contributed by atoms with E-state index in [1.807, 2.05) is 25.7 Å². The molecule has 1 aliphatic carbocycles. The Bertz CT molecular complexity index is 665. The van der Waals surface area contributed by atoms with Crippen molar-refractivity contribution in [2.24, 2.45) is 5.92 Å². The van der Waals surface area contributed by atoms with Gasteiger partial charge in [-0.25, -0.2) is 4.79 Å². The first-order valence-corrected chi connectivity index (χ1v) is 12.7. The van der Waals surface area contributed by atoms with E-state index in [4.69, 9.17) is 51.1 Å². The molecule has 0 aromatic rings. The quantitative estimate of drug-likeness (QED) is 0.487. The van der Waals surface area contributed by atoms with Crippen molar-refractivity contribution in [3.8, 4) is 0 Å². The Balaban J connectivity index is 1.42. The van der Waals surface area contributed by atoms with Crippen LogP contribution < -0.4 is 16.0 Å². The number of carbonyl (C=O) groups is 1. The zero-order valence-corrected chi connectivity index (χ0v) is 21.2. The first kappa shape index (κ1) is 24.4. The number of rotatable bonds is 2. The molecule has 5 atom stereocenters. The smallest absolute Gasteiger partial charge is 0.410 e. The highest BCUT2D eigenvalue weighted by molar-refractivity contribution is 6.68. The normalized spacial score (nSPS) is 39.7. The van der Waals surface area contributed by atoms with E-state index in [1.54, 1.807) is 0 Å². The third-order valence-electron chi connectivity index (χ3n) is 6.75. The van der Waals surface area contributed by atoms with Gasteiger partial charge >= 0.3 is 6.09 Å². The fraction of sp³-hybridized carbons (Fsp3) is 0.950. The number of hydrogen-bond donors (Lipinski definition) is 3. The van der Waals surface area contributed by atoms with Crippen LogP contribution in [0, 0.1) is 5.92 Å². The second-order valence-electron chi connectivity index (χ2n) is 10.2. The third-order valence-corrected chi connectivity index (χ3v) is 7.84. The SMILES string of the molecule is CC(C)(C)OC(=O)N1CC2CC1CN2C1NC(C2CCC(Cl)CC2)NC(C(Cl)(Cl)Cl)N1. The Hall–Kier alpha value is 0.270. The van der Waals surface area contributed by atoms with Crippen molar-refractivity contribution in [3.05, 3.63) is 0 Å². The van der Waals surface area contributed by atoms with Crippen molar-refractivity contribution in [2.75, 3.05) is 13.1 Å². The van der Waals surface area contributed by atoms with Gasteiger partial charge < -0.3 is 9.64 Å². The maximum absolute atomic E-state index is 12.6. The number of amides is 1. The number of nitrogens with one attached hydrogen (secondary N) is 3. The van der Waals surface area contributed by atoms with E-state index in [1.165, 1.54) is 0 Å². The molecule has 0 spiro atoms. The molecule has 178 valence electrons. The Morgan fingerprint density at radius 1 is 0.968 bits per heavy atom. The Kier molecular flexibility index (Phi) is 7.19. The number of carbonyl (C=O) groups excluding carboxylic acids is 1. The predicted molar refractivity (Wildman–Crippen MR) is 124 cm³/mol. The summed E-state index contributed by atoms with van der Waals surface area (Å²) in [5.41, 5.74) is -0.496. The number of hydrogen-bond acceptors (Lipinski definition) is 6. The van der Waals surface area contributed by atoms with Crippen LogP contribution in [0.25, 0.3) is 0 Å². The maximum atomic E-state index is 12.6. The Morgan fingerprint density at radius 3 is 2.19 bits per heavy atom. The molecule has 31 heavy (non-hydrogen) atoms.